The molecule has 0 bridgehead atoms. The van der Waals surface area contributed by atoms with Crippen LogP contribution in [0.2, 0.25) is 0 Å². The number of carboxylic acid groups (broad SMARTS) is 1. The number of carbonyl (C=O) groups is 5. The van der Waals surface area contributed by atoms with Crippen LogP contribution < -0.4 is 20.7 Å². The Labute approximate surface area is 342 Å². The number of hydrogen-bond donors (Lipinski definition) is 5. The minimum atomic E-state index is -5.09. The summed E-state index contributed by atoms with van der Waals surface area (Å²) >= 11 is 0.883. The molecule has 2 fully saturated rings. The van der Waals surface area contributed by atoms with Gasteiger partial charge in [-0.25, -0.2) is 24.4 Å². The molecule has 320 valence electrons. The van der Waals surface area contributed by atoms with Gasteiger partial charge in [0.05, 0.1) is 17.1 Å². The Bertz CT molecular complexity index is 2260. The predicted molar refractivity (Wildman–Crippen MR) is 209 cm³/mol. The Morgan fingerprint density at radius 3 is 2.32 bits per heavy atom. The van der Waals surface area contributed by atoms with Crippen LogP contribution in [0.15, 0.2) is 40.9 Å². The number of thiazole rings is 1. The Balaban J connectivity index is 1.37. The molecule has 0 saturated carbocycles. The number of nitrogens with one attached hydrogen (secondary N) is 3. The average Bonchev–Trinajstić information content (AvgIpc) is 3.53. The number of anilines is 2. The lowest BCUT2D eigenvalue weighted by molar-refractivity contribution is -0.218. The third-order valence-corrected chi connectivity index (χ3v) is 9.29. The van der Waals surface area contributed by atoms with Crippen LogP contribution in [0.4, 0.5) is 20.5 Å². The van der Waals surface area contributed by atoms with E-state index in [2.05, 4.69) is 35.4 Å². The number of hydrogen-bond acceptors (Lipinski definition) is 17. The summed E-state index contributed by atoms with van der Waals surface area (Å²) < 4.78 is 52.8. The minimum Gasteiger partial charge on any atom is -0.489 e. The zero-order valence-electron chi connectivity index (χ0n) is 33.2. The van der Waals surface area contributed by atoms with Gasteiger partial charge in [-0.15, -0.1) is 15.6 Å². The fraction of sp³-hybridized carbons (Fsp3) is 0.486. The number of pyridine rings is 1. The van der Waals surface area contributed by atoms with E-state index in [-0.39, 0.29) is 16.9 Å². The van der Waals surface area contributed by atoms with E-state index in [0.717, 1.165) is 11.3 Å². The Hall–Kier alpha value is -5.85. The zero-order chi connectivity index (χ0) is 43.7. The fourth-order valence-electron chi connectivity index (χ4n) is 5.46. The lowest BCUT2D eigenvalue weighted by atomic mass is 9.84. The summed E-state index contributed by atoms with van der Waals surface area (Å²) in [5.41, 5.74) is -3.48. The Kier molecular flexibility index (Phi) is 12.6. The number of benzene rings is 1. The standard InChI is InChI=1S/C35H44N8O14S2/c1-33(2,3)54-29(46)23(16-53-20-10-11-21-18(13-20)9-12-24(37-21)36-19-14-42(15-19)32(48)49)56-41-25(22-17-58-30(38-22)40-31(47)55-34(4,5)6)27(44)39-26-28(45)43(35(26,7)8)57-59(50,51)52/h9-13,17,19,23,26H,14-16H2,1-8H3,(H,36,37)(H,39,44)(H,48,49)(H,38,40,47)(H,50,51,52). The van der Waals surface area contributed by atoms with Crippen LogP contribution in [0, 0.1) is 0 Å². The predicted octanol–water partition coefficient (Wildman–Crippen LogP) is 3.16. The van der Waals surface area contributed by atoms with E-state index in [0.29, 0.717) is 40.6 Å². The van der Waals surface area contributed by atoms with Crippen LogP contribution in [0.25, 0.3) is 10.9 Å². The number of rotatable bonds is 14. The zero-order valence-corrected chi connectivity index (χ0v) is 34.8. The van der Waals surface area contributed by atoms with Crippen LogP contribution in [0.5, 0.6) is 5.75 Å². The number of nitrogens with zero attached hydrogens (tertiary/aromatic N) is 5. The highest BCUT2D eigenvalue weighted by atomic mass is 32.3. The van der Waals surface area contributed by atoms with Crippen molar-refractivity contribution in [2.24, 2.45) is 5.16 Å². The van der Waals surface area contributed by atoms with Gasteiger partial charge in [-0.3, -0.25) is 19.5 Å². The van der Waals surface area contributed by atoms with Gasteiger partial charge in [0.2, 0.25) is 0 Å². The third-order valence-electron chi connectivity index (χ3n) is 8.20. The summed E-state index contributed by atoms with van der Waals surface area (Å²) in [5, 5.41) is 23.4. The van der Waals surface area contributed by atoms with Crippen LogP contribution in [-0.2, 0) is 43.4 Å². The molecule has 3 aromatic rings. The van der Waals surface area contributed by atoms with E-state index >= 15 is 0 Å². The molecular weight excluding hydrogens is 821 g/mol. The van der Waals surface area contributed by atoms with E-state index in [9.17, 15) is 32.4 Å². The van der Waals surface area contributed by atoms with Crippen molar-refractivity contribution in [3.05, 3.63) is 41.4 Å². The van der Waals surface area contributed by atoms with Crippen LogP contribution in [0.1, 0.15) is 61.1 Å². The Morgan fingerprint density at radius 1 is 1.03 bits per heavy atom. The number of likely N-dealkylation sites (tertiary alicyclic amines) is 1. The van der Waals surface area contributed by atoms with E-state index in [1.807, 2.05) is 0 Å². The fourth-order valence-corrected chi connectivity index (χ4v) is 6.60. The summed E-state index contributed by atoms with van der Waals surface area (Å²) in [4.78, 5) is 79.3. The molecule has 2 aromatic heterocycles. The number of oxime groups is 1. The average molecular weight is 865 g/mol. The van der Waals surface area contributed by atoms with Gasteiger partial charge in [-0.1, -0.05) is 5.16 Å². The molecule has 2 aliphatic rings. The molecule has 0 spiro atoms. The summed E-state index contributed by atoms with van der Waals surface area (Å²) in [6.07, 6.45) is -3.42. The molecule has 2 aliphatic heterocycles. The summed E-state index contributed by atoms with van der Waals surface area (Å²) in [6, 6.07) is 6.98. The van der Waals surface area contributed by atoms with Crippen LogP contribution >= 0.6 is 11.3 Å². The molecular formula is C35H44N8O14S2. The van der Waals surface area contributed by atoms with Crippen molar-refractivity contribution in [1.29, 1.82) is 0 Å². The highest BCUT2D eigenvalue weighted by molar-refractivity contribution is 7.80. The number of fused-ring (bicyclic) bond motifs is 1. The van der Waals surface area contributed by atoms with Gasteiger partial charge in [0.1, 0.15) is 41.1 Å². The van der Waals surface area contributed by atoms with E-state index < -0.39 is 81.6 Å². The van der Waals surface area contributed by atoms with Crippen LogP contribution in [-0.4, -0.2) is 128 Å². The van der Waals surface area contributed by atoms with E-state index in [1.54, 1.807) is 71.9 Å². The minimum absolute atomic E-state index is 0.0175. The monoisotopic (exact) mass is 864 g/mol. The molecule has 2 saturated heterocycles. The quantitative estimate of drug-likeness (QED) is 0.0511. The van der Waals surface area contributed by atoms with Gasteiger partial charge >= 0.3 is 28.6 Å². The molecule has 5 rings (SSSR count). The molecule has 59 heavy (non-hydrogen) atoms. The first-order chi connectivity index (χ1) is 27.3. The molecule has 5 N–H and O–H groups in total. The maximum absolute atomic E-state index is 13.8. The normalized spacial score (nSPS) is 17.6. The van der Waals surface area contributed by atoms with Crippen LogP contribution in [0.3, 0.4) is 0 Å². The smallest absolute Gasteiger partial charge is 0.418 e. The van der Waals surface area contributed by atoms with Crippen molar-refractivity contribution < 1.29 is 65.4 Å². The molecule has 0 aliphatic carbocycles. The first-order valence-electron chi connectivity index (χ1n) is 17.8. The SMILES string of the molecule is CC(C)(C)OC(=O)Nc1nc(C(=NOC(COc2ccc3nc(NC4CN(C(=O)O)C4)ccc3c2)C(=O)OC(C)(C)C)C(=O)NC2C(=O)N(OS(=O)(=O)O)C2(C)C)cs1. The topological polar surface area (TPSA) is 287 Å². The van der Waals surface area contributed by atoms with Crippen molar-refractivity contribution in [3.63, 3.8) is 0 Å². The van der Waals surface area contributed by atoms with Crippen molar-refractivity contribution in [2.45, 2.75) is 90.3 Å². The molecule has 2 unspecified atom stereocenters. The maximum Gasteiger partial charge on any atom is 0.418 e. The molecule has 0 radical (unpaired) electrons. The summed E-state index contributed by atoms with van der Waals surface area (Å²) in [6.45, 7) is 12.7. The van der Waals surface area contributed by atoms with Gasteiger partial charge in [-0.05, 0) is 85.7 Å². The lowest BCUT2D eigenvalue weighted by Gasteiger charge is -2.50. The van der Waals surface area contributed by atoms with Gasteiger partial charge in [0.25, 0.3) is 17.9 Å². The summed E-state index contributed by atoms with van der Waals surface area (Å²) in [5.74, 6) is -2.17. The number of amides is 4. The van der Waals surface area contributed by atoms with Crippen molar-refractivity contribution in [1.82, 2.24) is 25.2 Å². The third kappa shape index (κ3) is 11.6. The van der Waals surface area contributed by atoms with Gasteiger partial charge < -0.3 is 39.7 Å². The van der Waals surface area contributed by atoms with Gasteiger partial charge in [0.15, 0.2) is 10.8 Å². The highest BCUT2D eigenvalue weighted by Gasteiger charge is 2.58. The van der Waals surface area contributed by atoms with Gasteiger partial charge in [0, 0.05) is 23.9 Å². The molecule has 2 atom stereocenters. The number of aromatic nitrogens is 2. The lowest BCUT2D eigenvalue weighted by Crippen LogP contribution is -2.76. The van der Waals surface area contributed by atoms with E-state index in [1.165, 1.54) is 24.1 Å². The summed E-state index contributed by atoms with van der Waals surface area (Å²) in [7, 11) is -5.09. The second-order valence-corrected chi connectivity index (χ2v) is 17.7. The second-order valence-electron chi connectivity index (χ2n) is 15.8. The van der Waals surface area contributed by atoms with Gasteiger partial charge in [-0.2, -0.15) is 13.5 Å². The number of hydroxylamine groups is 2. The highest BCUT2D eigenvalue weighted by Crippen LogP contribution is 2.33. The molecule has 4 heterocycles. The molecule has 1 aromatic carbocycles. The first-order valence-corrected chi connectivity index (χ1v) is 20.0. The maximum atomic E-state index is 13.8. The van der Waals surface area contributed by atoms with Crippen molar-refractivity contribution >= 4 is 79.3 Å². The van der Waals surface area contributed by atoms with E-state index in [4.69, 9.17) is 28.7 Å². The first kappa shape index (κ1) is 44.3. The number of carbonyl (C=O) groups excluding carboxylic acids is 4. The second kappa shape index (κ2) is 16.8. The molecule has 24 heteroatoms. The molecule has 4 amide bonds. The largest absolute Gasteiger partial charge is 0.489 e. The van der Waals surface area contributed by atoms with Crippen molar-refractivity contribution in [2.75, 3.05) is 30.3 Å². The molecule has 22 nitrogen and oxygen atoms in total. The Morgan fingerprint density at radius 2 is 1.71 bits per heavy atom. The number of esters is 1. The number of ether oxygens (including phenoxy) is 3. The number of β-lactam (4-membered cyclic amide) rings is 1. The van der Waals surface area contributed by atoms with Crippen molar-refractivity contribution in [3.8, 4) is 5.75 Å².